The van der Waals surface area contributed by atoms with E-state index in [0.717, 1.165) is 36.8 Å². The van der Waals surface area contributed by atoms with Crippen LogP contribution in [0.3, 0.4) is 0 Å². The molecule has 0 unspecified atom stereocenters. The second-order valence-corrected chi connectivity index (χ2v) is 9.03. The first-order valence-corrected chi connectivity index (χ1v) is 11.5. The number of likely N-dealkylation sites (tertiary alicyclic amines) is 1. The van der Waals surface area contributed by atoms with Crippen molar-refractivity contribution >= 4 is 29.2 Å². The number of carboxylic acids is 2. The van der Waals surface area contributed by atoms with Crippen molar-refractivity contribution in [3.05, 3.63) is 41.1 Å². The van der Waals surface area contributed by atoms with E-state index in [1.54, 1.807) is 23.7 Å². The third kappa shape index (κ3) is 8.83. The smallest absolute Gasteiger partial charge is 0.490 e. The van der Waals surface area contributed by atoms with Crippen LogP contribution >= 0.6 is 11.3 Å². The average Bonchev–Trinajstić information content (AvgIpc) is 3.56. The Labute approximate surface area is 215 Å². The molecule has 0 radical (unpaired) electrons. The van der Waals surface area contributed by atoms with Gasteiger partial charge in [-0.05, 0) is 25.1 Å². The molecule has 2 aliphatic rings. The number of hydrogen-bond donors (Lipinski definition) is 3. The molecule has 1 amide bonds. The lowest BCUT2D eigenvalue weighted by molar-refractivity contribution is -0.193. The molecule has 10 nitrogen and oxygen atoms in total. The zero-order valence-electron chi connectivity index (χ0n) is 19.3. The van der Waals surface area contributed by atoms with Crippen LogP contribution in [0.5, 0.6) is 5.75 Å². The van der Waals surface area contributed by atoms with E-state index in [1.165, 1.54) is 0 Å². The van der Waals surface area contributed by atoms with Crippen molar-refractivity contribution in [1.82, 2.24) is 20.2 Å². The Hall–Kier alpha value is -3.47. The molecule has 2 atom stereocenters. The van der Waals surface area contributed by atoms with E-state index in [2.05, 4.69) is 20.2 Å². The highest BCUT2D eigenvalue weighted by Crippen LogP contribution is 2.42. The molecule has 2 aromatic rings. The summed E-state index contributed by atoms with van der Waals surface area (Å²) < 4.78 is 69.4. The number of hydrogen-bond acceptors (Lipinski definition) is 8. The Balaban J connectivity index is 0.000000301. The van der Waals surface area contributed by atoms with Crippen LogP contribution in [0, 0.1) is 11.3 Å². The van der Waals surface area contributed by atoms with E-state index in [4.69, 9.17) is 24.5 Å². The van der Waals surface area contributed by atoms with Gasteiger partial charge in [0.15, 0.2) is 0 Å². The summed E-state index contributed by atoms with van der Waals surface area (Å²) in [5, 5.41) is 20.4. The van der Waals surface area contributed by atoms with E-state index in [-0.39, 0.29) is 17.2 Å². The Morgan fingerprint density at radius 3 is 2.29 bits per heavy atom. The summed E-state index contributed by atoms with van der Waals surface area (Å²) in [6, 6.07) is 3.75. The molecule has 1 spiro atoms. The van der Waals surface area contributed by atoms with Crippen molar-refractivity contribution in [1.29, 1.82) is 0 Å². The summed E-state index contributed by atoms with van der Waals surface area (Å²) in [7, 11) is 0. The first-order valence-electron chi connectivity index (χ1n) is 10.7. The lowest BCUT2D eigenvalue weighted by Gasteiger charge is -2.28. The molecule has 17 heteroatoms. The van der Waals surface area contributed by atoms with Gasteiger partial charge in [0.25, 0.3) is 0 Å². The number of rotatable bonds is 5. The fraction of sp³-hybridized carbons (Fsp3) is 0.476. The van der Waals surface area contributed by atoms with Gasteiger partial charge < -0.3 is 20.3 Å². The quantitative estimate of drug-likeness (QED) is 0.461. The monoisotopic (exact) mass is 572 g/mol. The molecule has 4 rings (SSSR count). The standard InChI is InChI=1S/C17H20N4O2S.2C2HF3O2/c22-16-17(3-6-21(12-17)10-15-19-5-7-24-15)13(8-20-16)11-23-14-2-1-4-18-9-14;2*3-2(4,5)1(6)7/h1-2,4-5,7,9,13H,3,6,8,10-12H2,(H,20,22);2*(H,6,7)/t13-,17-;;/m1../s1. The van der Waals surface area contributed by atoms with Gasteiger partial charge in [0.1, 0.15) is 10.8 Å². The van der Waals surface area contributed by atoms with Gasteiger partial charge in [-0.25, -0.2) is 14.6 Å². The highest BCUT2D eigenvalue weighted by molar-refractivity contribution is 7.09. The normalized spacial score (nSPS) is 21.1. The van der Waals surface area contributed by atoms with Gasteiger partial charge in [0.05, 0.1) is 24.8 Å². The number of alkyl halides is 6. The van der Waals surface area contributed by atoms with Gasteiger partial charge >= 0.3 is 24.3 Å². The van der Waals surface area contributed by atoms with Crippen LogP contribution in [-0.4, -0.2) is 81.5 Å². The molecule has 2 aliphatic heterocycles. The van der Waals surface area contributed by atoms with E-state index in [0.29, 0.717) is 13.2 Å². The van der Waals surface area contributed by atoms with Gasteiger partial charge in [-0.3, -0.25) is 14.7 Å². The van der Waals surface area contributed by atoms with Gasteiger partial charge in [-0.1, -0.05) is 0 Å². The van der Waals surface area contributed by atoms with Crippen LogP contribution in [0.4, 0.5) is 26.3 Å². The number of nitrogens with zero attached hydrogens (tertiary/aromatic N) is 3. The number of aromatic nitrogens is 2. The highest BCUT2D eigenvalue weighted by Gasteiger charge is 2.54. The van der Waals surface area contributed by atoms with Crippen LogP contribution in [0.15, 0.2) is 36.1 Å². The number of thiazole rings is 1. The maximum atomic E-state index is 12.5. The SMILES string of the molecule is O=C(O)C(F)(F)F.O=C(O)C(F)(F)F.O=C1NC[C@H](COc2cccnc2)[C@]12CCN(Cc1nccs1)C2. The van der Waals surface area contributed by atoms with Crippen molar-refractivity contribution in [2.75, 3.05) is 26.2 Å². The minimum Gasteiger partial charge on any atom is -0.492 e. The van der Waals surface area contributed by atoms with Crippen molar-refractivity contribution in [3.63, 3.8) is 0 Å². The molecule has 2 saturated heterocycles. The summed E-state index contributed by atoms with van der Waals surface area (Å²) in [5.74, 6) is -4.40. The van der Waals surface area contributed by atoms with E-state index in [9.17, 15) is 31.1 Å². The predicted octanol–water partition coefficient (Wildman–Crippen LogP) is 2.82. The number of nitrogens with one attached hydrogen (secondary N) is 1. The first-order chi connectivity index (χ1) is 17.6. The number of pyridine rings is 1. The molecule has 0 saturated carbocycles. The van der Waals surface area contributed by atoms with Crippen molar-refractivity contribution in [2.45, 2.75) is 25.3 Å². The molecule has 4 heterocycles. The molecule has 38 heavy (non-hydrogen) atoms. The molecule has 0 aliphatic carbocycles. The molecule has 210 valence electrons. The maximum Gasteiger partial charge on any atom is 0.490 e. The van der Waals surface area contributed by atoms with Crippen LogP contribution < -0.4 is 10.1 Å². The topological polar surface area (TPSA) is 142 Å². The zero-order chi connectivity index (χ0) is 28.6. The molecular weight excluding hydrogens is 550 g/mol. The van der Waals surface area contributed by atoms with E-state index < -0.39 is 24.3 Å². The zero-order valence-corrected chi connectivity index (χ0v) is 20.1. The Bertz CT molecular complexity index is 1050. The van der Waals surface area contributed by atoms with Crippen LogP contribution in [-0.2, 0) is 20.9 Å². The second-order valence-electron chi connectivity index (χ2n) is 8.06. The minimum atomic E-state index is -5.08. The predicted molar refractivity (Wildman–Crippen MR) is 118 cm³/mol. The number of halogens is 6. The highest BCUT2D eigenvalue weighted by atomic mass is 32.1. The molecule has 2 aromatic heterocycles. The minimum absolute atomic E-state index is 0.170. The largest absolute Gasteiger partial charge is 0.492 e. The van der Waals surface area contributed by atoms with Crippen LogP contribution in [0.2, 0.25) is 0 Å². The molecule has 3 N–H and O–H groups in total. The Kier molecular flexibility index (Phi) is 10.4. The summed E-state index contributed by atoms with van der Waals surface area (Å²) >= 11 is 1.66. The number of carbonyl (C=O) groups is 3. The van der Waals surface area contributed by atoms with E-state index in [1.807, 2.05) is 23.7 Å². The summed E-state index contributed by atoms with van der Waals surface area (Å²) in [6.07, 6.45) is -4.02. The molecule has 0 aromatic carbocycles. The third-order valence-electron chi connectivity index (χ3n) is 5.54. The second kappa shape index (κ2) is 12.9. The van der Waals surface area contributed by atoms with Gasteiger partial charge in [-0.2, -0.15) is 26.3 Å². The van der Waals surface area contributed by atoms with Gasteiger partial charge in [0.2, 0.25) is 5.91 Å². The van der Waals surface area contributed by atoms with Crippen molar-refractivity contribution < 1.29 is 55.7 Å². The number of aliphatic carboxylic acids is 2. The summed E-state index contributed by atoms with van der Waals surface area (Å²) in [4.78, 5) is 41.1. The third-order valence-corrected chi connectivity index (χ3v) is 6.30. The van der Waals surface area contributed by atoms with E-state index >= 15 is 0 Å². The van der Waals surface area contributed by atoms with Gasteiger partial charge in [-0.15, -0.1) is 11.3 Å². The van der Waals surface area contributed by atoms with Crippen LogP contribution in [0.1, 0.15) is 11.4 Å². The molecule has 2 fully saturated rings. The van der Waals surface area contributed by atoms with Crippen LogP contribution in [0.25, 0.3) is 0 Å². The molecule has 0 bridgehead atoms. The fourth-order valence-electron chi connectivity index (χ4n) is 3.71. The van der Waals surface area contributed by atoms with Gasteiger partial charge in [0, 0.05) is 36.8 Å². The maximum absolute atomic E-state index is 12.5. The fourth-order valence-corrected chi connectivity index (χ4v) is 4.37. The first kappa shape index (κ1) is 30.8. The van der Waals surface area contributed by atoms with Crippen molar-refractivity contribution in [3.8, 4) is 5.75 Å². The number of amides is 1. The number of carboxylic acid groups (broad SMARTS) is 2. The lowest BCUT2D eigenvalue weighted by atomic mass is 9.77. The Morgan fingerprint density at radius 2 is 1.79 bits per heavy atom. The van der Waals surface area contributed by atoms with Crippen molar-refractivity contribution in [2.24, 2.45) is 11.3 Å². The number of carbonyl (C=O) groups excluding carboxylic acids is 1. The summed E-state index contributed by atoms with van der Waals surface area (Å²) in [6.45, 7) is 3.75. The molecular formula is C21H22F6N4O6S. The Morgan fingerprint density at radius 1 is 1.16 bits per heavy atom. The summed E-state index contributed by atoms with van der Waals surface area (Å²) in [5.41, 5.74) is -0.334. The lowest BCUT2D eigenvalue weighted by Crippen LogP contribution is -2.40. The average molecular weight is 572 g/mol. The number of ether oxygens (including phenoxy) is 1.